The van der Waals surface area contributed by atoms with Crippen LogP contribution < -0.4 is 10.1 Å². The molecule has 0 aliphatic heterocycles. The smallest absolute Gasteiger partial charge is 0.257 e. The van der Waals surface area contributed by atoms with Gasteiger partial charge >= 0.3 is 0 Å². The number of benzene rings is 1. The van der Waals surface area contributed by atoms with Crippen molar-refractivity contribution < 1.29 is 13.9 Å². The van der Waals surface area contributed by atoms with Crippen molar-refractivity contribution >= 4 is 17.5 Å². The standard InChI is InChI=1S/C15H14ClFN2O2/c1-9-6-12(16)19-15(21-2)13(9)14(20)18-8-10-4-3-5-11(17)7-10/h3-7H,8H2,1-2H3,(H,18,20). The van der Waals surface area contributed by atoms with Gasteiger partial charge in [-0.15, -0.1) is 0 Å². The normalized spacial score (nSPS) is 10.3. The van der Waals surface area contributed by atoms with Gasteiger partial charge in [-0.1, -0.05) is 23.7 Å². The van der Waals surface area contributed by atoms with Gasteiger partial charge < -0.3 is 10.1 Å². The fourth-order valence-electron chi connectivity index (χ4n) is 1.95. The Morgan fingerprint density at radius 2 is 2.19 bits per heavy atom. The number of methoxy groups -OCH3 is 1. The third kappa shape index (κ3) is 3.70. The molecule has 21 heavy (non-hydrogen) atoms. The fraction of sp³-hybridized carbons (Fsp3) is 0.200. The van der Waals surface area contributed by atoms with Crippen molar-refractivity contribution in [2.75, 3.05) is 7.11 Å². The van der Waals surface area contributed by atoms with E-state index in [-0.39, 0.29) is 29.3 Å². The molecule has 1 aromatic carbocycles. The lowest BCUT2D eigenvalue weighted by atomic mass is 10.1. The minimum atomic E-state index is -0.349. The summed E-state index contributed by atoms with van der Waals surface area (Å²) in [4.78, 5) is 16.2. The minimum absolute atomic E-state index is 0.164. The van der Waals surface area contributed by atoms with Gasteiger partial charge in [0.1, 0.15) is 16.5 Å². The molecule has 1 amide bonds. The largest absolute Gasteiger partial charge is 0.480 e. The number of carbonyl (C=O) groups excluding carboxylic acids is 1. The van der Waals surface area contributed by atoms with Crippen molar-refractivity contribution in [2.24, 2.45) is 0 Å². The Labute approximate surface area is 126 Å². The van der Waals surface area contributed by atoms with Crippen molar-refractivity contribution in [3.05, 3.63) is 58.0 Å². The number of halogens is 2. The molecule has 1 aromatic heterocycles. The first-order valence-corrected chi connectivity index (χ1v) is 6.63. The average Bonchev–Trinajstić information content (AvgIpc) is 2.44. The van der Waals surface area contributed by atoms with Crippen LogP contribution in [0.3, 0.4) is 0 Å². The predicted octanol–water partition coefficient (Wildman–Crippen LogP) is 3.12. The average molecular weight is 309 g/mol. The number of rotatable bonds is 4. The molecule has 0 saturated heterocycles. The molecular formula is C15H14ClFN2O2. The van der Waals surface area contributed by atoms with Gasteiger partial charge in [-0.05, 0) is 36.2 Å². The van der Waals surface area contributed by atoms with E-state index in [0.717, 1.165) is 0 Å². The first-order valence-electron chi connectivity index (χ1n) is 6.25. The summed E-state index contributed by atoms with van der Waals surface area (Å²) in [5.74, 6) is -0.529. The number of carbonyl (C=O) groups is 1. The fourth-order valence-corrected chi connectivity index (χ4v) is 2.19. The molecule has 0 spiro atoms. The van der Waals surface area contributed by atoms with E-state index in [4.69, 9.17) is 16.3 Å². The molecule has 0 unspecified atom stereocenters. The Morgan fingerprint density at radius 3 is 2.86 bits per heavy atom. The lowest BCUT2D eigenvalue weighted by Crippen LogP contribution is -2.24. The van der Waals surface area contributed by atoms with Crippen LogP contribution >= 0.6 is 11.6 Å². The summed E-state index contributed by atoms with van der Waals surface area (Å²) in [7, 11) is 1.42. The van der Waals surface area contributed by atoms with Crippen molar-refractivity contribution in [1.82, 2.24) is 10.3 Å². The molecule has 2 aromatic rings. The molecule has 1 heterocycles. The van der Waals surface area contributed by atoms with E-state index < -0.39 is 0 Å². The van der Waals surface area contributed by atoms with Crippen LogP contribution in [-0.4, -0.2) is 18.0 Å². The number of aromatic nitrogens is 1. The van der Waals surface area contributed by atoms with Gasteiger partial charge in [0.25, 0.3) is 5.91 Å². The summed E-state index contributed by atoms with van der Waals surface area (Å²) in [6, 6.07) is 7.62. The lowest BCUT2D eigenvalue weighted by molar-refractivity contribution is 0.0946. The number of amides is 1. The highest BCUT2D eigenvalue weighted by Gasteiger charge is 2.17. The molecular weight excluding hydrogens is 295 g/mol. The van der Waals surface area contributed by atoms with E-state index in [0.29, 0.717) is 16.7 Å². The van der Waals surface area contributed by atoms with Gasteiger partial charge in [0.2, 0.25) is 5.88 Å². The highest BCUT2D eigenvalue weighted by atomic mass is 35.5. The molecule has 4 nitrogen and oxygen atoms in total. The number of hydrogen-bond donors (Lipinski definition) is 1. The Morgan fingerprint density at radius 1 is 1.43 bits per heavy atom. The highest BCUT2D eigenvalue weighted by molar-refractivity contribution is 6.29. The first-order chi connectivity index (χ1) is 10.0. The van der Waals surface area contributed by atoms with Crippen LogP contribution in [0.2, 0.25) is 5.15 Å². The Bertz CT molecular complexity index is 677. The maximum Gasteiger partial charge on any atom is 0.257 e. The Kier molecular flexibility index (Phi) is 4.75. The lowest BCUT2D eigenvalue weighted by Gasteiger charge is -2.11. The first kappa shape index (κ1) is 15.3. The van der Waals surface area contributed by atoms with Gasteiger partial charge in [0.15, 0.2) is 0 Å². The Hall–Kier alpha value is -2.14. The molecule has 0 atom stereocenters. The maximum atomic E-state index is 13.1. The summed E-state index contributed by atoms with van der Waals surface area (Å²) in [6.07, 6.45) is 0. The van der Waals surface area contributed by atoms with Crippen LogP contribution in [0.1, 0.15) is 21.5 Å². The zero-order chi connectivity index (χ0) is 15.4. The zero-order valence-corrected chi connectivity index (χ0v) is 12.4. The number of nitrogens with one attached hydrogen (secondary N) is 1. The molecule has 0 aliphatic carbocycles. The molecule has 2 rings (SSSR count). The second-order valence-corrected chi connectivity index (χ2v) is 4.85. The molecule has 0 fully saturated rings. The number of nitrogens with zero attached hydrogens (tertiary/aromatic N) is 1. The van der Waals surface area contributed by atoms with Crippen LogP contribution in [0.25, 0.3) is 0 Å². The van der Waals surface area contributed by atoms with Crippen LogP contribution in [0.15, 0.2) is 30.3 Å². The van der Waals surface area contributed by atoms with Crippen LogP contribution in [0.4, 0.5) is 4.39 Å². The second-order valence-electron chi connectivity index (χ2n) is 4.46. The third-order valence-corrected chi connectivity index (χ3v) is 3.11. The van der Waals surface area contributed by atoms with Crippen LogP contribution in [0, 0.1) is 12.7 Å². The van der Waals surface area contributed by atoms with Gasteiger partial charge in [-0.3, -0.25) is 4.79 Å². The highest BCUT2D eigenvalue weighted by Crippen LogP contribution is 2.23. The van der Waals surface area contributed by atoms with Gasteiger partial charge in [0, 0.05) is 6.54 Å². The number of hydrogen-bond acceptors (Lipinski definition) is 3. The summed E-state index contributed by atoms with van der Waals surface area (Å²) in [6.45, 7) is 1.95. The van der Waals surface area contributed by atoms with E-state index >= 15 is 0 Å². The van der Waals surface area contributed by atoms with Crippen LogP contribution in [0.5, 0.6) is 5.88 Å². The summed E-state index contributed by atoms with van der Waals surface area (Å²) in [5.41, 5.74) is 1.64. The maximum absolute atomic E-state index is 13.1. The topological polar surface area (TPSA) is 51.2 Å². The monoisotopic (exact) mass is 308 g/mol. The number of pyridine rings is 1. The van der Waals surface area contributed by atoms with Gasteiger partial charge in [-0.25, -0.2) is 9.37 Å². The molecule has 1 N–H and O–H groups in total. The second kappa shape index (κ2) is 6.54. The quantitative estimate of drug-likeness (QED) is 0.883. The molecule has 110 valence electrons. The van der Waals surface area contributed by atoms with Gasteiger partial charge in [0.05, 0.1) is 7.11 Å². The molecule has 0 saturated carbocycles. The van der Waals surface area contributed by atoms with E-state index in [1.165, 1.54) is 19.2 Å². The molecule has 6 heteroatoms. The van der Waals surface area contributed by atoms with Crippen molar-refractivity contribution in [3.8, 4) is 5.88 Å². The Balaban J connectivity index is 2.17. The van der Waals surface area contributed by atoms with E-state index in [1.54, 1.807) is 25.1 Å². The van der Waals surface area contributed by atoms with E-state index in [9.17, 15) is 9.18 Å². The van der Waals surface area contributed by atoms with Crippen molar-refractivity contribution in [3.63, 3.8) is 0 Å². The van der Waals surface area contributed by atoms with E-state index in [2.05, 4.69) is 10.3 Å². The molecule has 0 radical (unpaired) electrons. The third-order valence-electron chi connectivity index (χ3n) is 2.91. The summed E-state index contributed by atoms with van der Waals surface area (Å²) < 4.78 is 18.2. The summed E-state index contributed by atoms with van der Waals surface area (Å²) >= 11 is 5.83. The molecule has 0 bridgehead atoms. The van der Waals surface area contributed by atoms with Gasteiger partial charge in [-0.2, -0.15) is 0 Å². The minimum Gasteiger partial charge on any atom is -0.480 e. The predicted molar refractivity (Wildman–Crippen MR) is 78.1 cm³/mol. The van der Waals surface area contributed by atoms with Crippen molar-refractivity contribution in [2.45, 2.75) is 13.5 Å². The number of ether oxygens (including phenoxy) is 1. The molecule has 0 aliphatic rings. The van der Waals surface area contributed by atoms with Crippen LogP contribution in [-0.2, 0) is 6.54 Å². The van der Waals surface area contributed by atoms with Crippen molar-refractivity contribution in [1.29, 1.82) is 0 Å². The SMILES string of the molecule is COc1nc(Cl)cc(C)c1C(=O)NCc1cccc(F)c1. The zero-order valence-electron chi connectivity index (χ0n) is 11.6. The summed E-state index contributed by atoms with van der Waals surface area (Å²) in [5, 5.41) is 2.96. The van der Waals surface area contributed by atoms with E-state index in [1.807, 2.05) is 0 Å². The number of aryl methyl sites for hydroxylation is 1.